The summed E-state index contributed by atoms with van der Waals surface area (Å²) in [6.07, 6.45) is -0.167. The zero-order valence-corrected chi connectivity index (χ0v) is 10.3. The molecule has 0 aliphatic heterocycles. The fourth-order valence-corrected chi connectivity index (χ4v) is 0.158. The third kappa shape index (κ3) is 15.3. The predicted molar refractivity (Wildman–Crippen MR) is 43.5 cm³/mol. The van der Waals surface area contributed by atoms with Gasteiger partial charge in [0, 0.05) is 49.0 Å². The summed E-state index contributed by atoms with van der Waals surface area (Å²) >= 11 is 0. The molecule has 0 unspecified atom stereocenters. The average Bonchev–Trinajstić information content (AvgIpc) is 2.02. The zero-order chi connectivity index (χ0) is 10.2. The van der Waals surface area contributed by atoms with Gasteiger partial charge in [0.1, 0.15) is 0 Å². The molecule has 2 N–H and O–H groups in total. The Morgan fingerprint density at radius 3 is 1.38 bits per heavy atom. The second kappa shape index (κ2) is 10.6. The molecule has 5 nitrogen and oxygen atoms in total. The summed E-state index contributed by atoms with van der Waals surface area (Å²) < 4.78 is 9.08. The molecular weight excluding hydrogens is 212 g/mol. The fraction of sp³-hybridized carbons (Fsp3) is 1.00. The standard InChI is InChI=1S/C4H10O4.C3H8O.Ti/c1-4(6-2,7-3)8-5;1-3(2)4;/h5H,1-3H3;3-4H,1-2H3;. The molecule has 0 aromatic heterocycles. The molecule has 0 amide bonds. The Morgan fingerprint density at radius 1 is 1.15 bits per heavy atom. The van der Waals surface area contributed by atoms with Crippen LogP contribution in [0, 0.1) is 0 Å². The number of hydrogen-bond donors (Lipinski definition) is 2. The van der Waals surface area contributed by atoms with Gasteiger partial charge < -0.3 is 14.6 Å². The molecule has 0 aliphatic rings. The fourth-order valence-electron chi connectivity index (χ4n) is 0.158. The first-order chi connectivity index (χ1) is 5.41. The van der Waals surface area contributed by atoms with Crippen molar-refractivity contribution in [2.75, 3.05) is 14.2 Å². The first kappa shape index (κ1) is 19.1. The first-order valence-corrected chi connectivity index (χ1v) is 3.52. The van der Waals surface area contributed by atoms with Crippen LogP contribution in [0.4, 0.5) is 0 Å². The average molecular weight is 230 g/mol. The molecule has 6 heteroatoms. The Balaban J connectivity index is -0.000000173. The van der Waals surface area contributed by atoms with Crippen LogP contribution in [-0.2, 0) is 36.1 Å². The molecule has 0 fully saturated rings. The van der Waals surface area contributed by atoms with Crippen LogP contribution in [0.25, 0.3) is 0 Å². The largest absolute Gasteiger partial charge is 0.394 e. The van der Waals surface area contributed by atoms with Crippen LogP contribution in [-0.4, -0.2) is 36.7 Å². The molecule has 80 valence electrons. The van der Waals surface area contributed by atoms with Crippen LogP contribution in [0.15, 0.2) is 0 Å². The van der Waals surface area contributed by atoms with Crippen LogP contribution in [0.1, 0.15) is 20.8 Å². The Morgan fingerprint density at radius 2 is 1.38 bits per heavy atom. The van der Waals surface area contributed by atoms with E-state index in [9.17, 15) is 0 Å². The van der Waals surface area contributed by atoms with Crippen molar-refractivity contribution >= 4 is 0 Å². The topological polar surface area (TPSA) is 68.2 Å². The van der Waals surface area contributed by atoms with Gasteiger partial charge in [0.25, 0.3) is 0 Å². The summed E-state index contributed by atoms with van der Waals surface area (Å²) in [6.45, 7) is 4.88. The van der Waals surface area contributed by atoms with Crippen LogP contribution < -0.4 is 0 Å². The van der Waals surface area contributed by atoms with Crippen LogP contribution in [0.5, 0.6) is 0 Å². The second-order valence-corrected chi connectivity index (χ2v) is 2.46. The summed E-state index contributed by atoms with van der Waals surface area (Å²) in [5, 5.41) is 16.1. The van der Waals surface area contributed by atoms with E-state index in [-0.39, 0.29) is 27.8 Å². The zero-order valence-electron chi connectivity index (χ0n) is 8.70. The van der Waals surface area contributed by atoms with Crippen LogP contribution >= 0.6 is 0 Å². The molecule has 13 heavy (non-hydrogen) atoms. The van der Waals surface area contributed by atoms with Crippen molar-refractivity contribution in [3.05, 3.63) is 0 Å². The number of ether oxygens (including phenoxy) is 2. The Kier molecular flexibility index (Phi) is 15.6. The minimum absolute atomic E-state index is 0. The minimum atomic E-state index is -1.32. The maximum absolute atomic E-state index is 8.06. The van der Waals surface area contributed by atoms with Crippen molar-refractivity contribution in [2.24, 2.45) is 0 Å². The summed E-state index contributed by atoms with van der Waals surface area (Å²) in [6, 6.07) is 0. The molecule has 0 aromatic carbocycles. The van der Waals surface area contributed by atoms with E-state index in [1.807, 2.05) is 0 Å². The van der Waals surface area contributed by atoms with Gasteiger partial charge in [-0.3, -0.25) is 0 Å². The van der Waals surface area contributed by atoms with Gasteiger partial charge in [0.05, 0.1) is 0 Å². The normalized spacial score (nSPS) is 10.2. The van der Waals surface area contributed by atoms with Gasteiger partial charge in [-0.1, -0.05) is 0 Å². The SMILES string of the molecule is CC(C)O.COC(C)(OC)OO.[Ti]. The third-order valence-electron chi connectivity index (χ3n) is 0.907. The van der Waals surface area contributed by atoms with E-state index in [0.29, 0.717) is 0 Å². The summed E-state index contributed by atoms with van der Waals surface area (Å²) in [4.78, 5) is 3.79. The van der Waals surface area contributed by atoms with E-state index in [1.165, 1.54) is 21.1 Å². The third-order valence-corrected chi connectivity index (χ3v) is 0.907. The van der Waals surface area contributed by atoms with E-state index in [2.05, 4.69) is 14.4 Å². The Labute approximate surface area is 93.8 Å². The van der Waals surface area contributed by atoms with Crippen LogP contribution in [0.3, 0.4) is 0 Å². The van der Waals surface area contributed by atoms with E-state index in [1.54, 1.807) is 13.8 Å². The second-order valence-electron chi connectivity index (χ2n) is 2.46. The van der Waals surface area contributed by atoms with Crippen molar-refractivity contribution in [1.29, 1.82) is 0 Å². The van der Waals surface area contributed by atoms with Crippen molar-refractivity contribution < 1.29 is 46.4 Å². The predicted octanol–water partition coefficient (Wildman–Crippen LogP) is 0.827. The molecule has 0 aromatic rings. The molecule has 0 heterocycles. The number of aliphatic hydroxyl groups excluding tert-OH is 1. The molecule has 0 atom stereocenters. The van der Waals surface area contributed by atoms with Gasteiger partial charge in [0.15, 0.2) is 0 Å². The number of aliphatic hydroxyl groups is 1. The molecule has 0 aliphatic carbocycles. The van der Waals surface area contributed by atoms with Crippen molar-refractivity contribution in [3.63, 3.8) is 0 Å². The van der Waals surface area contributed by atoms with Gasteiger partial charge in [-0.15, -0.1) is 0 Å². The Bertz CT molecular complexity index is 83.9. The van der Waals surface area contributed by atoms with Crippen molar-refractivity contribution in [3.8, 4) is 0 Å². The van der Waals surface area contributed by atoms with Crippen molar-refractivity contribution in [2.45, 2.75) is 32.8 Å². The Hall–Kier alpha value is 0.514. The molecule has 0 rings (SSSR count). The summed E-state index contributed by atoms with van der Waals surface area (Å²) in [5.41, 5.74) is 0. The van der Waals surface area contributed by atoms with Gasteiger partial charge >= 0.3 is 5.97 Å². The summed E-state index contributed by atoms with van der Waals surface area (Å²) in [5.74, 6) is -1.32. The molecule has 0 saturated heterocycles. The molecule has 0 radical (unpaired) electrons. The summed E-state index contributed by atoms with van der Waals surface area (Å²) in [7, 11) is 2.72. The number of hydrogen-bond acceptors (Lipinski definition) is 5. The van der Waals surface area contributed by atoms with E-state index < -0.39 is 5.97 Å². The van der Waals surface area contributed by atoms with Crippen molar-refractivity contribution in [1.82, 2.24) is 0 Å². The van der Waals surface area contributed by atoms with E-state index in [4.69, 9.17) is 10.4 Å². The first-order valence-electron chi connectivity index (χ1n) is 3.52. The van der Waals surface area contributed by atoms with Crippen LogP contribution in [0.2, 0.25) is 0 Å². The maximum Gasteiger partial charge on any atom is 0.308 e. The smallest absolute Gasteiger partial charge is 0.308 e. The number of methoxy groups -OCH3 is 2. The quantitative estimate of drug-likeness (QED) is 0.325. The van der Waals surface area contributed by atoms with E-state index >= 15 is 0 Å². The molecule has 0 bridgehead atoms. The number of rotatable bonds is 3. The molecule has 0 spiro atoms. The minimum Gasteiger partial charge on any atom is -0.394 e. The molecule has 0 saturated carbocycles. The van der Waals surface area contributed by atoms with Gasteiger partial charge in [-0.25, -0.2) is 5.26 Å². The monoisotopic (exact) mass is 230 g/mol. The molecular formula is C7H18O5Ti. The van der Waals surface area contributed by atoms with Gasteiger partial charge in [-0.05, 0) is 13.8 Å². The van der Waals surface area contributed by atoms with Gasteiger partial charge in [-0.2, -0.15) is 4.89 Å². The maximum atomic E-state index is 8.06. The van der Waals surface area contributed by atoms with E-state index in [0.717, 1.165) is 0 Å². The van der Waals surface area contributed by atoms with Gasteiger partial charge in [0.2, 0.25) is 0 Å².